The van der Waals surface area contributed by atoms with Crippen LogP contribution in [0.25, 0.3) is 0 Å². The molecule has 0 aromatic carbocycles. The van der Waals surface area contributed by atoms with Crippen molar-refractivity contribution in [1.82, 2.24) is 9.80 Å². The second-order valence-corrected chi connectivity index (χ2v) is 4.54. The molecule has 1 aliphatic heterocycles. The van der Waals surface area contributed by atoms with Crippen molar-refractivity contribution in [3.05, 3.63) is 0 Å². The zero-order chi connectivity index (χ0) is 14.1. The molecule has 110 valence electrons. The Labute approximate surface area is 114 Å². The summed E-state index contributed by atoms with van der Waals surface area (Å²) in [5, 5.41) is 0. The maximum absolute atomic E-state index is 11.9. The Bertz CT molecular complexity index is 290. The van der Waals surface area contributed by atoms with Gasteiger partial charge in [0, 0.05) is 19.5 Å². The monoisotopic (exact) mass is 272 g/mol. The highest BCUT2D eigenvalue weighted by Gasteiger charge is 2.17. The van der Waals surface area contributed by atoms with Crippen LogP contribution in [0, 0.1) is 0 Å². The lowest BCUT2D eigenvalue weighted by Gasteiger charge is -2.27. The van der Waals surface area contributed by atoms with Crippen LogP contribution in [0.1, 0.15) is 19.8 Å². The fourth-order valence-corrected chi connectivity index (χ4v) is 2.02. The molecule has 19 heavy (non-hydrogen) atoms. The third-order valence-corrected chi connectivity index (χ3v) is 3.26. The molecule has 0 atom stereocenters. The summed E-state index contributed by atoms with van der Waals surface area (Å²) in [5.41, 5.74) is 0. The Hall–Kier alpha value is -1.14. The minimum atomic E-state index is -0.235. The molecule has 6 nitrogen and oxygen atoms in total. The summed E-state index contributed by atoms with van der Waals surface area (Å²) < 4.78 is 9.85. The van der Waals surface area contributed by atoms with E-state index >= 15 is 0 Å². The van der Waals surface area contributed by atoms with E-state index in [1.165, 1.54) is 7.11 Å². The van der Waals surface area contributed by atoms with E-state index in [0.29, 0.717) is 39.3 Å². The van der Waals surface area contributed by atoms with E-state index in [4.69, 9.17) is 4.74 Å². The summed E-state index contributed by atoms with van der Waals surface area (Å²) in [6.45, 7) is 6.45. The second-order valence-electron chi connectivity index (χ2n) is 4.54. The highest BCUT2D eigenvalue weighted by Crippen LogP contribution is 2.03. The smallest absolute Gasteiger partial charge is 0.319 e. The quantitative estimate of drug-likeness (QED) is 0.616. The van der Waals surface area contributed by atoms with Gasteiger partial charge in [-0.1, -0.05) is 6.92 Å². The number of esters is 1. The molecule has 1 fully saturated rings. The minimum absolute atomic E-state index is 0.178. The molecular weight excluding hydrogens is 248 g/mol. The topological polar surface area (TPSA) is 59.1 Å². The number of likely N-dealkylation sites (N-methyl/N-ethyl adjacent to an activating group) is 1. The van der Waals surface area contributed by atoms with Gasteiger partial charge in [-0.05, 0) is 19.5 Å². The largest absolute Gasteiger partial charge is 0.468 e. The molecule has 1 saturated heterocycles. The predicted molar refractivity (Wildman–Crippen MR) is 70.8 cm³/mol. The number of hydrogen-bond donors (Lipinski definition) is 0. The van der Waals surface area contributed by atoms with Crippen LogP contribution >= 0.6 is 0 Å². The summed E-state index contributed by atoms with van der Waals surface area (Å²) in [4.78, 5) is 26.9. The van der Waals surface area contributed by atoms with Crippen LogP contribution in [0.4, 0.5) is 0 Å². The van der Waals surface area contributed by atoms with Gasteiger partial charge in [0.15, 0.2) is 0 Å². The third-order valence-electron chi connectivity index (χ3n) is 3.26. The molecule has 1 rings (SSSR count). The van der Waals surface area contributed by atoms with Crippen LogP contribution in [0.15, 0.2) is 0 Å². The zero-order valence-electron chi connectivity index (χ0n) is 11.9. The van der Waals surface area contributed by atoms with Crippen molar-refractivity contribution in [3.63, 3.8) is 0 Å². The number of carbonyl (C=O) groups is 2. The first kappa shape index (κ1) is 15.9. The number of amides is 1. The van der Waals surface area contributed by atoms with Crippen molar-refractivity contribution in [1.29, 1.82) is 0 Å². The Morgan fingerprint density at radius 3 is 2.58 bits per heavy atom. The molecule has 0 saturated carbocycles. The van der Waals surface area contributed by atoms with Crippen LogP contribution < -0.4 is 0 Å². The Morgan fingerprint density at radius 1 is 1.32 bits per heavy atom. The fraction of sp³-hybridized carbons (Fsp3) is 0.846. The van der Waals surface area contributed by atoms with Gasteiger partial charge >= 0.3 is 5.97 Å². The number of carbonyl (C=O) groups excluding carboxylic acids is 2. The minimum Gasteiger partial charge on any atom is -0.468 e. The van der Waals surface area contributed by atoms with Crippen molar-refractivity contribution in [3.8, 4) is 0 Å². The average Bonchev–Trinajstić information content (AvgIpc) is 2.46. The molecule has 0 spiro atoms. The lowest BCUT2D eigenvalue weighted by molar-refractivity contribution is -0.141. The maximum Gasteiger partial charge on any atom is 0.319 e. The van der Waals surface area contributed by atoms with Crippen molar-refractivity contribution in [2.24, 2.45) is 0 Å². The van der Waals surface area contributed by atoms with Gasteiger partial charge < -0.3 is 14.4 Å². The molecular formula is C13H24N2O4. The highest BCUT2D eigenvalue weighted by atomic mass is 16.5. The van der Waals surface area contributed by atoms with Crippen LogP contribution in [0.2, 0.25) is 0 Å². The Balaban J connectivity index is 2.20. The van der Waals surface area contributed by atoms with E-state index in [-0.39, 0.29) is 11.9 Å². The number of rotatable bonds is 7. The standard InChI is InChI=1S/C13H24N2O4/c1-3-14(11-13(17)18-2)6-4-5-12(16)15-7-9-19-10-8-15/h3-11H2,1-2H3. The summed E-state index contributed by atoms with van der Waals surface area (Å²) in [7, 11) is 1.39. The number of methoxy groups -OCH3 is 1. The number of morpholine rings is 1. The Morgan fingerprint density at radius 2 is 2.00 bits per heavy atom. The highest BCUT2D eigenvalue weighted by molar-refractivity contribution is 5.76. The Kier molecular flexibility index (Phi) is 7.43. The van der Waals surface area contributed by atoms with E-state index in [9.17, 15) is 9.59 Å². The van der Waals surface area contributed by atoms with Gasteiger partial charge in [0.25, 0.3) is 0 Å². The average molecular weight is 272 g/mol. The molecule has 0 N–H and O–H groups in total. The number of hydrogen-bond acceptors (Lipinski definition) is 5. The van der Waals surface area contributed by atoms with Gasteiger partial charge in [0.2, 0.25) is 5.91 Å². The van der Waals surface area contributed by atoms with Crippen LogP contribution in [0.5, 0.6) is 0 Å². The molecule has 1 aliphatic rings. The van der Waals surface area contributed by atoms with Crippen molar-refractivity contribution < 1.29 is 19.1 Å². The van der Waals surface area contributed by atoms with Gasteiger partial charge in [-0.3, -0.25) is 14.5 Å². The molecule has 0 aliphatic carbocycles. The third kappa shape index (κ3) is 6.02. The van der Waals surface area contributed by atoms with E-state index in [1.807, 2.05) is 16.7 Å². The maximum atomic E-state index is 11.9. The molecule has 1 amide bonds. The van der Waals surface area contributed by atoms with E-state index in [1.54, 1.807) is 0 Å². The molecule has 0 unspecified atom stereocenters. The van der Waals surface area contributed by atoms with Crippen LogP contribution in [-0.4, -0.2) is 74.7 Å². The van der Waals surface area contributed by atoms with E-state index in [0.717, 1.165) is 19.5 Å². The van der Waals surface area contributed by atoms with Gasteiger partial charge in [-0.25, -0.2) is 0 Å². The summed E-state index contributed by atoms with van der Waals surface area (Å²) >= 11 is 0. The first-order valence-electron chi connectivity index (χ1n) is 6.82. The van der Waals surface area contributed by atoms with Gasteiger partial charge in [-0.15, -0.1) is 0 Å². The fourth-order valence-electron chi connectivity index (χ4n) is 2.02. The molecule has 0 radical (unpaired) electrons. The predicted octanol–water partition coefficient (Wildman–Crippen LogP) is 0.120. The molecule has 1 heterocycles. The number of ether oxygens (including phenoxy) is 2. The lowest BCUT2D eigenvalue weighted by Crippen LogP contribution is -2.41. The van der Waals surface area contributed by atoms with Gasteiger partial charge in [0.1, 0.15) is 0 Å². The van der Waals surface area contributed by atoms with Gasteiger partial charge in [-0.2, -0.15) is 0 Å². The first-order valence-corrected chi connectivity index (χ1v) is 6.82. The summed E-state index contributed by atoms with van der Waals surface area (Å²) in [5.74, 6) is -0.0567. The van der Waals surface area contributed by atoms with Gasteiger partial charge in [0.05, 0.1) is 26.9 Å². The molecule has 6 heteroatoms. The van der Waals surface area contributed by atoms with Crippen molar-refractivity contribution >= 4 is 11.9 Å². The van der Waals surface area contributed by atoms with Crippen molar-refractivity contribution in [2.45, 2.75) is 19.8 Å². The molecule has 0 aromatic heterocycles. The van der Waals surface area contributed by atoms with Crippen LogP contribution in [0.3, 0.4) is 0 Å². The van der Waals surface area contributed by atoms with E-state index < -0.39 is 0 Å². The SMILES string of the molecule is CCN(CCCC(=O)N1CCOCC1)CC(=O)OC. The number of nitrogens with zero attached hydrogens (tertiary/aromatic N) is 2. The molecule has 0 aromatic rings. The normalized spacial score (nSPS) is 15.6. The summed E-state index contributed by atoms with van der Waals surface area (Å²) in [6.07, 6.45) is 1.29. The second kappa shape index (κ2) is 8.87. The first-order chi connectivity index (χ1) is 9.17. The van der Waals surface area contributed by atoms with E-state index in [2.05, 4.69) is 4.74 Å². The molecule has 0 bridgehead atoms. The van der Waals surface area contributed by atoms with Crippen molar-refractivity contribution in [2.75, 3.05) is 53.0 Å². The lowest BCUT2D eigenvalue weighted by atomic mass is 10.2. The van der Waals surface area contributed by atoms with Crippen LogP contribution in [-0.2, 0) is 19.1 Å². The zero-order valence-corrected chi connectivity index (χ0v) is 11.9. The summed E-state index contributed by atoms with van der Waals surface area (Å²) in [6, 6.07) is 0.